The molecule has 0 saturated heterocycles. The number of hydrogen-bond donors (Lipinski definition) is 1. The highest BCUT2D eigenvalue weighted by Crippen LogP contribution is 2.30. The van der Waals surface area contributed by atoms with E-state index in [4.69, 9.17) is 27.9 Å². The number of ether oxygens (including phenoxy) is 1. The number of halogens is 2. The molecule has 2 atom stereocenters. The van der Waals surface area contributed by atoms with Gasteiger partial charge in [0.25, 0.3) is 5.91 Å². The Morgan fingerprint density at radius 2 is 1.95 bits per heavy atom. The summed E-state index contributed by atoms with van der Waals surface area (Å²) in [6.45, 7) is 1.52. The molecular formula is C16H17Cl2NO3. The fourth-order valence-electron chi connectivity index (χ4n) is 2.17. The summed E-state index contributed by atoms with van der Waals surface area (Å²) in [5.41, 5.74) is 0.319. The van der Waals surface area contributed by atoms with E-state index < -0.39 is 12.0 Å². The molecule has 118 valence electrons. The Labute approximate surface area is 139 Å². The van der Waals surface area contributed by atoms with Crippen molar-refractivity contribution in [2.75, 3.05) is 5.32 Å². The number of amides is 1. The fourth-order valence-corrected chi connectivity index (χ4v) is 2.67. The van der Waals surface area contributed by atoms with Crippen molar-refractivity contribution in [1.29, 1.82) is 0 Å². The summed E-state index contributed by atoms with van der Waals surface area (Å²) in [7, 11) is 0. The minimum atomic E-state index is -0.911. The van der Waals surface area contributed by atoms with Gasteiger partial charge in [0.2, 0.25) is 0 Å². The molecule has 0 unspecified atom stereocenters. The number of para-hydroxylation sites is 1. The van der Waals surface area contributed by atoms with Gasteiger partial charge in [0.15, 0.2) is 6.10 Å². The predicted molar refractivity (Wildman–Crippen MR) is 87.1 cm³/mol. The molecule has 1 aromatic rings. The Morgan fingerprint density at radius 3 is 2.55 bits per heavy atom. The first-order valence-electron chi connectivity index (χ1n) is 7.09. The molecule has 1 aromatic carbocycles. The number of allylic oxidation sites excluding steroid dienone is 2. The number of benzene rings is 1. The zero-order valence-corrected chi connectivity index (χ0v) is 13.7. The van der Waals surface area contributed by atoms with Crippen molar-refractivity contribution in [2.24, 2.45) is 5.92 Å². The van der Waals surface area contributed by atoms with Crippen molar-refractivity contribution in [3.8, 4) is 0 Å². The zero-order valence-electron chi connectivity index (χ0n) is 12.1. The second-order valence-electron chi connectivity index (χ2n) is 5.15. The lowest BCUT2D eigenvalue weighted by Crippen LogP contribution is -2.32. The van der Waals surface area contributed by atoms with Crippen LogP contribution in [0.15, 0.2) is 30.4 Å². The van der Waals surface area contributed by atoms with E-state index in [9.17, 15) is 9.59 Å². The van der Waals surface area contributed by atoms with E-state index >= 15 is 0 Å². The van der Waals surface area contributed by atoms with E-state index in [2.05, 4.69) is 5.32 Å². The van der Waals surface area contributed by atoms with Crippen LogP contribution in [0.25, 0.3) is 0 Å². The average molecular weight is 342 g/mol. The quantitative estimate of drug-likeness (QED) is 0.658. The molecule has 0 spiro atoms. The summed E-state index contributed by atoms with van der Waals surface area (Å²) in [6.07, 6.45) is 5.35. The molecule has 4 nitrogen and oxygen atoms in total. The third-order valence-electron chi connectivity index (χ3n) is 3.48. The van der Waals surface area contributed by atoms with Crippen molar-refractivity contribution in [1.82, 2.24) is 0 Å². The van der Waals surface area contributed by atoms with Crippen LogP contribution in [-0.2, 0) is 14.3 Å². The van der Waals surface area contributed by atoms with Gasteiger partial charge in [-0.2, -0.15) is 0 Å². The second-order valence-corrected chi connectivity index (χ2v) is 5.96. The highest BCUT2D eigenvalue weighted by atomic mass is 35.5. The van der Waals surface area contributed by atoms with Crippen molar-refractivity contribution in [3.05, 3.63) is 40.4 Å². The van der Waals surface area contributed by atoms with Gasteiger partial charge in [-0.1, -0.05) is 41.4 Å². The molecule has 1 N–H and O–H groups in total. The van der Waals surface area contributed by atoms with Crippen LogP contribution in [0.1, 0.15) is 26.2 Å². The Balaban J connectivity index is 1.94. The van der Waals surface area contributed by atoms with E-state index in [0.29, 0.717) is 22.2 Å². The summed E-state index contributed by atoms with van der Waals surface area (Å²) in [5, 5.41) is 3.25. The van der Waals surface area contributed by atoms with Gasteiger partial charge >= 0.3 is 5.97 Å². The minimum Gasteiger partial charge on any atom is -0.452 e. The van der Waals surface area contributed by atoms with Gasteiger partial charge < -0.3 is 10.1 Å². The lowest BCUT2D eigenvalue weighted by atomic mass is 9.95. The summed E-state index contributed by atoms with van der Waals surface area (Å²) in [5.74, 6) is -0.990. The van der Waals surface area contributed by atoms with Crippen LogP contribution in [0.2, 0.25) is 10.0 Å². The van der Waals surface area contributed by atoms with E-state index in [0.717, 1.165) is 12.8 Å². The minimum absolute atomic E-state index is 0.177. The number of carbonyl (C=O) groups is 2. The lowest BCUT2D eigenvalue weighted by Gasteiger charge is -2.20. The highest BCUT2D eigenvalue weighted by Gasteiger charge is 2.25. The fraction of sp³-hybridized carbons (Fsp3) is 0.375. The summed E-state index contributed by atoms with van der Waals surface area (Å²) < 4.78 is 5.23. The maximum absolute atomic E-state index is 12.1. The maximum atomic E-state index is 12.1. The molecule has 0 radical (unpaired) electrons. The molecule has 1 amide bonds. The number of hydrogen-bond acceptors (Lipinski definition) is 3. The van der Waals surface area contributed by atoms with Crippen molar-refractivity contribution in [3.63, 3.8) is 0 Å². The molecule has 22 heavy (non-hydrogen) atoms. The van der Waals surface area contributed by atoms with Gasteiger partial charge in [-0.15, -0.1) is 0 Å². The Hall–Kier alpha value is -1.52. The molecule has 0 aliphatic heterocycles. The van der Waals surface area contributed by atoms with Gasteiger partial charge in [-0.3, -0.25) is 9.59 Å². The van der Waals surface area contributed by atoms with Crippen LogP contribution in [-0.4, -0.2) is 18.0 Å². The van der Waals surface area contributed by atoms with E-state index in [1.54, 1.807) is 18.2 Å². The summed E-state index contributed by atoms with van der Waals surface area (Å²) in [6, 6.07) is 4.92. The summed E-state index contributed by atoms with van der Waals surface area (Å²) >= 11 is 12.0. The van der Waals surface area contributed by atoms with Crippen LogP contribution >= 0.6 is 23.2 Å². The first-order valence-corrected chi connectivity index (χ1v) is 7.85. The van der Waals surface area contributed by atoms with Crippen LogP contribution < -0.4 is 5.32 Å². The molecular weight excluding hydrogens is 325 g/mol. The molecule has 2 rings (SSSR count). The number of carbonyl (C=O) groups excluding carboxylic acids is 2. The van der Waals surface area contributed by atoms with Gasteiger partial charge in [0.05, 0.1) is 21.7 Å². The largest absolute Gasteiger partial charge is 0.452 e. The Kier molecular flexibility index (Phi) is 5.86. The van der Waals surface area contributed by atoms with E-state index in [1.807, 2.05) is 12.2 Å². The van der Waals surface area contributed by atoms with E-state index in [-0.39, 0.29) is 11.9 Å². The lowest BCUT2D eigenvalue weighted by molar-refractivity contribution is -0.157. The third-order valence-corrected chi connectivity index (χ3v) is 4.11. The number of anilines is 1. The maximum Gasteiger partial charge on any atom is 0.310 e. The standard InChI is InChI=1S/C16H17Cl2NO3/c1-10(22-16(21)11-6-3-2-4-7-11)15(20)19-14-12(17)8-5-9-13(14)18/h2-3,5,8-11H,4,6-7H2,1H3,(H,19,20)/t10-,11-/m0/s1. The first-order chi connectivity index (χ1) is 10.5. The molecule has 0 aromatic heterocycles. The van der Waals surface area contributed by atoms with Crippen molar-refractivity contribution >= 4 is 40.8 Å². The van der Waals surface area contributed by atoms with Gasteiger partial charge in [-0.05, 0) is 38.3 Å². The van der Waals surface area contributed by atoms with Gasteiger partial charge in [0, 0.05) is 0 Å². The van der Waals surface area contributed by atoms with Crippen molar-refractivity contribution < 1.29 is 14.3 Å². The SMILES string of the molecule is C[C@H](OC(=O)[C@H]1CC=CCC1)C(=O)Nc1c(Cl)cccc1Cl. The van der Waals surface area contributed by atoms with Crippen molar-refractivity contribution in [2.45, 2.75) is 32.3 Å². The molecule has 0 saturated carbocycles. The Morgan fingerprint density at radius 1 is 1.27 bits per heavy atom. The van der Waals surface area contributed by atoms with Gasteiger partial charge in [0.1, 0.15) is 0 Å². The number of rotatable bonds is 4. The molecule has 1 aliphatic carbocycles. The molecule has 0 bridgehead atoms. The number of esters is 1. The molecule has 1 aliphatic rings. The average Bonchev–Trinajstić information content (AvgIpc) is 2.51. The number of nitrogens with one attached hydrogen (secondary N) is 1. The normalized spacial score (nSPS) is 18.6. The third kappa shape index (κ3) is 4.24. The summed E-state index contributed by atoms with van der Waals surface area (Å²) in [4.78, 5) is 24.1. The second kappa shape index (κ2) is 7.65. The predicted octanol–water partition coefficient (Wildman–Crippen LogP) is 4.22. The van der Waals surface area contributed by atoms with Crippen LogP contribution in [0.4, 0.5) is 5.69 Å². The molecule has 6 heteroatoms. The highest BCUT2D eigenvalue weighted by molar-refractivity contribution is 6.39. The monoisotopic (exact) mass is 341 g/mol. The Bertz CT molecular complexity index is 581. The molecule has 0 heterocycles. The van der Waals surface area contributed by atoms with Gasteiger partial charge in [-0.25, -0.2) is 0 Å². The van der Waals surface area contributed by atoms with Crippen LogP contribution in [0.5, 0.6) is 0 Å². The van der Waals surface area contributed by atoms with Crippen LogP contribution in [0, 0.1) is 5.92 Å². The van der Waals surface area contributed by atoms with E-state index in [1.165, 1.54) is 6.92 Å². The molecule has 0 fully saturated rings. The first kappa shape index (κ1) is 16.8. The smallest absolute Gasteiger partial charge is 0.310 e. The topological polar surface area (TPSA) is 55.4 Å². The van der Waals surface area contributed by atoms with Crippen LogP contribution in [0.3, 0.4) is 0 Å². The zero-order chi connectivity index (χ0) is 16.1.